The van der Waals surface area contributed by atoms with Crippen LogP contribution in [0.3, 0.4) is 0 Å². The second-order valence-electron chi connectivity index (χ2n) is 7.93. The summed E-state index contributed by atoms with van der Waals surface area (Å²) in [4.78, 5) is 6.88. The molecule has 1 aromatic heterocycles. The maximum atomic E-state index is 4.52. The lowest BCUT2D eigenvalue weighted by molar-refractivity contribution is 0.378. The van der Waals surface area contributed by atoms with Gasteiger partial charge in [0.15, 0.2) is 11.1 Å². The Bertz CT molecular complexity index is 846. The van der Waals surface area contributed by atoms with Gasteiger partial charge in [-0.1, -0.05) is 48.9 Å². The molecule has 2 aromatic rings. The van der Waals surface area contributed by atoms with Crippen LogP contribution in [0.2, 0.25) is 0 Å². The van der Waals surface area contributed by atoms with E-state index in [9.17, 15) is 0 Å². The van der Waals surface area contributed by atoms with Gasteiger partial charge in [0.1, 0.15) is 5.82 Å². The zero-order valence-electron chi connectivity index (χ0n) is 18.0. The van der Waals surface area contributed by atoms with Crippen LogP contribution in [0.15, 0.2) is 34.4 Å². The van der Waals surface area contributed by atoms with E-state index in [0.29, 0.717) is 6.04 Å². The van der Waals surface area contributed by atoms with Gasteiger partial charge in [-0.3, -0.25) is 4.99 Å². The summed E-state index contributed by atoms with van der Waals surface area (Å²) >= 11 is 1.71. The van der Waals surface area contributed by atoms with E-state index < -0.39 is 0 Å². The molecule has 30 heavy (non-hydrogen) atoms. The quantitative estimate of drug-likeness (QED) is 0.195. The van der Waals surface area contributed by atoms with Crippen molar-refractivity contribution in [1.29, 1.82) is 0 Å². The number of nitrogens with one attached hydrogen (secondary N) is 1. The molecule has 6 nitrogen and oxygen atoms in total. The molecule has 4 rings (SSSR count). The highest BCUT2D eigenvalue weighted by atomic mass is 127. The molecule has 1 fully saturated rings. The fraction of sp³-hybridized carbons (Fsp3) is 0.591. The van der Waals surface area contributed by atoms with Gasteiger partial charge in [0, 0.05) is 39.1 Å². The van der Waals surface area contributed by atoms with Crippen molar-refractivity contribution in [3.63, 3.8) is 0 Å². The van der Waals surface area contributed by atoms with E-state index in [1.807, 2.05) is 7.05 Å². The summed E-state index contributed by atoms with van der Waals surface area (Å²) in [5, 5.41) is 13.6. The molecule has 0 atom stereocenters. The minimum atomic E-state index is 0. The van der Waals surface area contributed by atoms with Gasteiger partial charge in [-0.25, -0.2) is 0 Å². The van der Waals surface area contributed by atoms with Crippen molar-refractivity contribution >= 4 is 41.7 Å². The number of thioether (sulfide) groups is 1. The lowest BCUT2D eigenvalue weighted by Crippen LogP contribution is -2.44. The summed E-state index contributed by atoms with van der Waals surface area (Å²) in [5.41, 5.74) is 2.88. The first kappa shape index (κ1) is 23.4. The molecule has 0 bridgehead atoms. The van der Waals surface area contributed by atoms with E-state index in [1.165, 1.54) is 36.8 Å². The highest BCUT2D eigenvalue weighted by molar-refractivity contribution is 14.0. The Morgan fingerprint density at radius 2 is 1.97 bits per heavy atom. The highest BCUT2D eigenvalue weighted by Crippen LogP contribution is 2.33. The summed E-state index contributed by atoms with van der Waals surface area (Å²) in [7, 11) is 1.88. The molecular formula is C22H33IN6S. The van der Waals surface area contributed by atoms with E-state index in [2.05, 4.69) is 60.5 Å². The number of fused-ring (bicyclic) bond motifs is 1. The van der Waals surface area contributed by atoms with Crippen molar-refractivity contribution in [2.45, 2.75) is 62.7 Å². The number of rotatable bonds is 6. The van der Waals surface area contributed by atoms with Crippen LogP contribution in [0.25, 0.3) is 0 Å². The van der Waals surface area contributed by atoms with E-state index in [1.54, 1.807) is 11.8 Å². The molecule has 1 N–H and O–H groups in total. The van der Waals surface area contributed by atoms with Crippen molar-refractivity contribution in [3.8, 4) is 0 Å². The molecule has 1 aliphatic heterocycles. The third-order valence-corrected chi connectivity index (χ3v) is 6.75. The average molecular weight is 541 g/mol. The van der Waals surface area contributed by atoms with Crippen LogP contribution in [0, 0.1) is 0 Å². The van der Waals surface area contributed by atoms with E-state index in [4.69, 9.17) is 0 Å². The summed E-state index contributed by atoms with van der Waals surface area (Å²) in [5.74, 6) is 2.14. The summed E-state index contributed by atoms with van der Waals surface area (Å²) < 4.78 is 2.41. The first-order chi connectivity index (χ1) is 14.3. The summed E-state index contributed by atoms with van der Waals surface area (Å²) in [6.07, 6.45) is 10.3. The fourth-order valence-electron chi connectivity index (χ4n) is 4.60. The van der Waals surface area contributed by atoms with Gasteiger partial charge < -0.3 is 14.8 Å². The fourth-order valence-corrected chi connectivity index (χ4v) is 5.18. The van der Waals surface area contributed by atoms with Crippen LogP contribution >= 0.6 is 35.7 Å². The SMILES string of the molecule is CN=C(NCCCc1nnc(SC)n1C1CCCC1)N1CCc2ccccc2C1.I. The molecule has 2 aliphatic rings. The molecule has 2 heterocycles. The minimum absolute atomic E-state index is 0. The van der Waals surface area contributed by atoms with E-state index in [0.717, 1.165) is 55.8 Å². The van der Waals surface area contributed by atoms with Gasteiger partial charge in [-0.2, -0.15) is 0 Å². The van der Waals surface area contributed by atoms with Crippen LogP contribution in [-0.2, 0) is 19.4 Å². The Morgan fingerprint density at radius 3 is 2.70 bits per heavy atom. The van der Waals surface area contributed by atoms with Crippen LogP contribution in [0.4, 0.5) is 0 Å². The molecule has 8 heteroatoms. The first-order valence-corrected chi connectivity index (χ1v) is 12.0. The Balaban J connectivity index is 0.00000256. The third kappa shape index (κ3) is 5.30. The number of aliphatic imine (C=N–C) groups is 1. The van der Waals surface area contributed by atoms with Crippen LogP contribution in [-0.4, -0.2) is 52.0 Å². The number of aromatic nitrogens is 3. The molecule has 0 saturated heterocycles. The Hall–Kier alpha value is -1.29. The smallest absolute Gasteiger partial charge is 0.193 e. The van der Waals surface area contributed by atoms with Gasteiger partial charge >= 0.3 is 0 Å². The lowest BCUT2D eigenvalue weighted by atomic mass is 10.0. The topological polar surface area (TPSA) is 58.3 Å². The monoisotopic (exact) mass is 540 g/mol. The lowest BCUT2D eigenvalue weighted by Gasteiger charge is -2.31. The second kappa shape index (κ2) is 11.4. The van der Waals surface area contributed by atoms with Crippen molar-refractivity contribution < 1.29 is 0 Å². The van der Waals surface area contributed by atoms with E-state index in [-0.39, 0.29) is 24.0 Å². The van der Waals surface area contributed by atoms with Crippen LogP contribution in [0.1, 0.15) is 55.1 Å². The maximum Gasteiger partial charge on any atom is 0.193 e. The minimum Gasteiger partial charge on any atom is -0.356 e. The molecule has 1 saturated carbocycles. The number of aryl methyl sites for hydroxylation is 1. The van der Waals surface area contributed by atoms with Crippen LogP contribution in [0.5, 0.6) is 0 Å². The number of hydrogen-bond donors (Lipinski definition) is 1. The van der Waals surface area contributed by atoms with Crippen molar-refractivity contribution in [2.24, 2.45) is 4.99 Å². The van der Waals surface area contributed by atoms with Crippen molar-refractivity contribution in [2.75, 3.05) is 26.4 Å². The van der Waals surface area contributed by atoms with Crippen molar-refractivity contribution in [3.05, 3.63) is 41.2 Å². The predicted molar refractivity (Wildman–Crippen MR) is 135 cm³/mol. The van der Waals surface area contributed by atoms with Gasteiger partial charge in [0.2, 0.25) is 0 Å². The number of guanidine groups is 1. The number of nitrogens with zero attached hydrogens (tertiary/aromatic N) is 5. The van der Waals surface area contributed by atoms with Gasteiger partial charge in [-0.15, -0.1) is 34.2 Å². The summed E-state index contributed by atoms with van der Waals surface area (Å²) in [6.45, 7) is 2.85. The molecule has 1 aliphatic carbocycles. The number of hydrogen-bond acceptors (Lipinski definition) is 4. The zero-order valence-corrected chi connectivity index (χ0v) is 21.2. The maximum absolute atomic E-state index is 4.52. The Morgan fingerprint density at radius 1 is 1.20 bits per heavy atom. The molecule has 0 amide bonds. The molecular weight excluding hydrogens is 507 g/mol. The Kier molecular flexibility index (Phi) is 8.85. The molecule has 0 spiro atoms. The van der Waals surface area contributed by atoms with Gasteiger partial charge in [0.05, 0.1) is 0 Å². The summed E-state index contributed by atoms with van der Waals surface area (Å²) in [6, 6.07) is 9.33. The molecule has 1 aromatic carbocycles. The molecule has 0 unspecified atom stereocenters. The van der Waals surface area contributed by atoms with Crippen molar-refractivity contribution in [1.82, 2.24) is 25.0 Å². The average Bonchev–Trinajstić information content (AvgIpc) is 3.43. The normalized spacial score (nSPS) is 17.0. The zero-order chi connectivity index (χ0) is 20.1. The second-order valence-corrected chi connectivity index (χ2v) is 8.70. The van der Waals surface area contributed by atoms with Gasteiger partial charge in [0.25, 0.3) is 0 Å². The number of halogens is 1. The molecule has 0 radical (unpaired) electrons. The predicted octanol–water partition coefficient (Wildman–Crippen LogP) is 4.30. The van der Waals surface area contributed by atoms with Gasteiger partial charge in [-0.05, 0) is 43.1 Å². The standard InChI is InChI=1S/C22H32N6S.HI/c1-23-21(27-15-13-17-8-3-4-9-18(17)16-27)24-14-7-12-20-25-26-22(29-2)28(20)19-10-5-6-11-19;/h3-4,8-9,19H,5-7,10-16H2,1-2H3,(H,23,24);1H. The Labute approximate surface area is 201 Å². The largest absolute Gasteiger partial charge is 0.356 e. The number of benzene rings is 1. The first-order valence-electron chi connectivity index (χ1n) is 10.8. The highest BCUT2D eigenvalue weighted by Gasteiger charge is 2.23. The van der Waals surface area contributed by atoms with E-state index >= 15 is 0 Å². The van der Waals surface area contributed by atoms with Crippen LogP contribution < -0.4 is 5.32 Å². The third-order valence-electron chi connectivity index (χ3n) is 6.11. The molecule has 164 valence electrons.